The molecule has 25 heavy (non-hydrogen) atoms. The van der Waals surface area contributed by atoms with Gasteiger partial charge >= 0.3 is 5.97 Å². The molecule has 1 heterocycles. The minimum absolute atomic E-state index is 0.0535. The molecule has 0 aliphatic heterocycles. The summed E-state index contributed by atoms with van der Waals surface area (Å²) in [6.07, 6.45) is 1.76. The Morgan fingerprint density at radius 1 is 1.16 bits per heavy atom. The van der Waals surface area contributed by atoms with E-state index in [2.05, 4.69) is 10.3 Å². The number of nitrogens with one attached hydrogen (secondary N) is 2. The molecule has 2 aromatic carbocycles. The molecule has 2 N–H and O–H groups in total. The molecule has 0 fully saturated rings. The zero-order valence-electron chi connectivity index (χ0n) is 13.6. The number of fused-ring (bicyclic) bond motifs is 1. The quantitative estimate of drug-likeness (QED) is 0.702. The summed E-state index contributed by atoms with van der Waals surface area (Å²) in [5.74, 6) is -1.89. The van der Waals surface area contributed by atoms with Gasteiger partial charge in [0, 0.05) is 29.2 Å². The Bertz CT molecular complexity index is 902. The number of aromatic amines is 1. The normalized spacial score (nSPS) is 11.9. The number of carbonyl (C=O) groups excluding carboxylic acids is 2. The second-order valence-electron chi connectivity index (χ2n) is 5.58. The van der Waals surface area contributed by atoms with Gasteiger partial charge in [-0.15, -0.1) is 0 Å². The van der Waals surface area contributed by atoms with Crippen molar-refractivity contribution in [2.75, 3.05) is 13.7 Å². The van der Waals surface area contributed by atoms with E-state index in [9.17, 15) is 14.0 Å². The van der Waals surface area contributed by atoms with E-state index in [0.717, 1.165) is 10.9 Å². The van der Waals surface area contributed by atoms with Crippen molar-refractivity contribution < 1.29 is 18.7 Å². The van der Waals surface area contributed by atoms with Crippen LogP contribution in [-0.4, -0.2) is 30.5 Å². The molecule has 128 valence electrons. The third kappa shape index (κ3) is 3.52. The highest BCUT2D eigenvalue weighted by atomic mass is 19.1. The molecule has 3 rings (SSSR count). The SMILES string of the molecule is COC(=O)[C@@H](CNC(=O)c1cccc2[nH]ccc12)c1ccc(F)cc1. The molecule has 0 aliphatic carbocycles. The van der Waals surface area contributed by atoms with Crippen LogP contribution in [0, 0.1) is 5.82 Å². The maximum atomic E-state index is 13.1. The lowest BCUT2D eigenvalue weighted by Crippen LogP contribution is -2.32. The number of carbonyl (C=O) groups is 2. The van der Waals surface area contributed by atoms with Crippen molar-refractivity contribution in [3.05, 3.63) is 71.7 Å². The van der Waals surface area contributed by atoms with Crippen LogP contribution >= 0.6 is 0 Å². The molecule has 0 spiro atoms. The first-order chi connectivity index (χ1) is 12.1. The molecule has 1 atom stereocenters. The number of hydrogen-bond acceptors (Lipinski definition) is 3. The van der Waals surface area contributed by atoms with E-state index < -0.39 is 17.7 Å². The van der Waals surface area contributed by atoms with E-state index >= 15 is 0 Å². The van der Waals surface area contributed by atoms with Crippen molar-refractivity contribution >= 4 is 22.8 Å². The number of amides is 1. The maximum absolute atomic E-state index is 13.1. The summed E-state index contributed by atoms with van der Waals surface area (Å²) >= 11 is 0. The van der Waals surface area contributed by atoms with Crippen LogP contribution in [0.3, 0.4) is 0 Å². The van der Waals surface area contributed by atoms with Crippen molar-refractivity contribution in [1.82, 2.24) is 10.3 Å². The molecule has 6 heteroatoms. The first-order valence-electron chi connectivity index (χ1n) is 7.77. The highest BCUT2D eigenvalue weighted by Gasteiger charge is 2.23. The maximum Gasteiger partial charge on any atom is 0.314 e. The Labute approximate surface area is 143 Å². The van der Waals surface area contributed by atoms with E-state index in [1.807, 2.05) is 12.1 Å². The van der Waals surface area contributed by atoms with E-state index in [1.165, 1.54) is 31.4 Å². The number of rotatable bonds is 5. The zero-order chi connectivity index (χ0) is 17.8. The summed E-state index contributed by atoms with van der Waals surface area (Å²) in [4.78, 5) is 27.6. The third-order valence-electron chi connectivity index (χ3n) is 4.06. The molecule has 1 aromatic heterocycles. The molecular weight excluding hydrogens is 323 g/mol. The Balaban J connectivity index is 1.79. The summed E-state index contributed by atoms with van der Waals surface area (Å²) in [6.45, 7) is 0.0535. The Morgan fingerprint density at radius 3 is 2.64 bits per heavy atom. The molecule has 0 bridgehead atoms. The van der Waals surface area contributed by atoms with Gasteiger partial charge in [0.25, 0.3) is 5.91 Å². The van der Waals surface area contributed by atoms with Crippen molar-refractivity contribution in [1.29, 1.82) is 0 Å². The highest BCUT2D eigenvalue weighted by Crippen LogP contribution is 2.19. The lowest BCUT2D eigenvalue weighted by molar-refractivity contribution is -0.142. The number of esters is 1. The molecule has 0 saturated carbocycles. The third-order valence-corrected chi connectivity index (χ3v) is 4.06. The smallest absolute Gasteiger partial charge is 0.314 e. The number of methoxy groups -OCH3 is 1. The first-order valence-corrected chi connectivity index (χ1v) is 7.77. The van der Waals surface area contributed by atoms with Gasteiger partial charge in [-0.1, -0.05) is 18.2 Å². The molecule has 3 aromatic rings. The predicted octanol–water partition coefficient (Wildman–Crippen LogP) is 2.99. The molecule has 0 radical (unpaired) electrons. The van der Waals surface area contributed by atoms with Gasteiger partial charge in [-0.05, 0) is 35.9 Å². The lowest BCUT2D eigenvalue weighted by atomic mass is 9.99. The molecule has 5 nitrogen and oxygen atoms in total. The average molecular weight is 340 g/mol. The zero-order valence-corrected chi connectivity index (χ0v) is 13.6. The second kappa shape index (κ2) is 7.17. The number of hydrogen-bond donors (Lipinski definition) is 2. The number of halogens is 1. The summed E-state index contributed by atoms with van der Waals surface area (Å²) in [5, 5.41) is 3.56. The van der Waals surface area contributed by atoms with E-state index in [0.29, 0.717) is 11.1 Å². The van der Waals surface area contributed by atoms with Gasteiger partial charge in [0.05, 0.1) is 13.0 Å². The van der Waals surface area contributed by atoms with Gasteiger partial charge in [-0.3, -0.25) is 9.59 Å². The lowest BCUT2D eigenvalue weighted by Gasteiger charge is -2.16. The highest BCUT2D eigenvalue weighted by molar-refractivity contribution is 6.06. The number of benzene rings is 2. The van der Waals surface area contributed by atoms with Crippen LogP contribution in [-0.2, 0) is 9.53 Å². The van der Waals surface area contributed by atoms with E-state index in [-0.39, 0.29) is 12.5 Å². The Morgan fingerprint density at radius 2 is 1.92 bits per heavy atom. The van der Waals surface area contributed by atoms with Gasteiger partial charge < -0.3 is 15.0 Å². The van der Waals surface area contributed by atoms with Crippen LogP contribution in [0.2, 0.25) is 0 Å². The predicted molar refractivity (Wildman–Crippen MR) is 91.8 cm³/mol. The van der Waals surface area contributed by atoms with Crippen molar-refractivity contribution in [2.45, 2.75) is 5.92 Å². The fourth-order valence-corrected chi connectivity index (χ4v) is 2.75. The van der Waals surface area contributed by atoms with Crippen LogP contribution in [0.25, 0.3) is 10.9 Å². The van der Waals surface area contributed by atoms with E-state index in [4.69, 9.17) is 4.74 Å². The van der Waals surface area contributed by atoms with Crippen molar-refractivity contribution in [3.63, 3.8) is 0 Å². The summed E-state index contributed by atoms with van der Waals surface area (Å²) in [5.41, 5.74) is 1.95. The summed E-state index contributed by atoms with van der Waals surface area (Å²) in [7, 11) is 1.28. The molecule has 0 aliphatic rings. The largest absolute Gasteiger partial charge is 0.468 e. The monoisotopic (exact) mass is 340 g/mol. The van der Waals surface area contributed by atoms with Crippen molar-refractivity contribution in [3.8, 4) is 0 Å². The van der Waals surface area contributed by atoms with Crippen LogP contribution < -0.4 is 5.32 Å². The standard InChI is InChI=1S/C19H17FN2O3/c1-25-19(24)16(12-5-7-13(20)8-6-12)11-22-18(23)15-3-2-4-17-14(15)9-10-21-17/h2-10,16,21H,11H2,1H3,(H,22,23)/t16-/m0/s1. The van der Waals surface area contributed by atoms with Crippen LogP contribution in [0.1, 0.15) is 21.8 Å². The van der Waals surface area contributed by atoms with Crippen LogP contribution in [0.4, 0.5) is 4.39 Å². The molecule has 0 unspecified atom stereocenters. The molecular formula is C19H17FN2O3. The summed E-state index contributed by atoms with van der Waals surface area (Å²) < 4.78 is 17.9. The van der Waals surface area contributed by atoms with Gasteiger partial charge in [-0.2, -0.15) is 0 Å². The van der Waals surface area contributed by atoms with Crippen LogP contribution in [0.15, 0.2) is 54.7 Å². The number of ether oxygens (including phenoxy) is 1. The average Bonchev–Trinajstić information content (AvgIpc) is 3.11. The molecule has 1 amide bonds. The number of H-pyrrole nitrogens is 1. The van der Waals surface area contributed by atoms with E-state index in [1.54, 1.807) is 18.3 Å². The minimum atomic E-state index is -0.708. The first kappa shape index (κ1) is 16.7. The van der Waals surface area contributed by atoms with Gasteiger partial charge in [0.1, 0.15) is 5.82 Å². The van der Waals surface area contributed by atoms with Gasteiger partial charge in [-0.25, -0.2) is 4.39 Å². The Kier molecular flexibility index (Phi) is 4.79. The van der Waals surface area contributed by atoms with Gasteiger partial charge in [0.15, 0.2) is 0 Å². The fraction of sp³-hybridized carbons (Fsp3) is 0.158. The Hall–Kier alpha value is -3.15. The van der Waals surface area contributed by atoms with Crippen molar-refractivity contribution in [2.24, 2.45) is 0 Å². The summed E-state index contributed by atoms with van der Waals surface area (Å²) in [6, 6.07) is 12.8. The molecule has 0 saturated heterocycles. The topological polar surface area (TPSA) is 71.2 Å². The minimum Gasteiger partial charge on any atom is -0.468 e. The second-order valence-corrected chi connectivity index (χ2v) is 5.58. The van der Waals surface area contributed by atoms with Crippen LogP contribution in [0.5, 0.6) is 0 Å². The van der Waals surface area contributed by atoms with Gasteiger partial charge in [0.2, 0.25) is 0 Å². The fourth-order valence-electron chi connectivity index (χ4n) is 2.75. The number of aromatic nitrogens is 1.